The molecule has 0 aromatic carbocycles. The van der Waals surface area contributed by atoms with Gasteiger partial charge in [0, 0.05) is 0 Å². The Kier molecular flexibility index (Phi) is 15.9. The maximum absolute atomic E-state index is 12.1. The highest BCUT2D eigenvalue weighted by molar-refractivity contribution is 5.78. The molecule has 0 saturated heterocycles. The third-order valence-corrected chi connectivity index (χ3v) is 4.58. The fourth-order valence-corrected chi connectivity index (χ4v) is 3.08. The first kappa shape index (κ1) is 26.7. The monoisotopic (exact) mass is 399 g/mol. The third-order valence-electron chi connectivity index (χ3n) is 4.58. The quantitative estimate of drug-likeness (QED) is 0.236. The van der Waals surface area contributed by atoms with Crippen LogP contribution in [0.5, 0.6) is 0 Å². The van der Waals surface area contributed by atoms with E-state index in [1.165, 1.54) is 57.8 Å². The highest BCUT2D eigenvalue weighted by Crippen LogP contribution is 2.16. The van der Waals surface area contributed by atoms with Crippen molar-refractivity contribution in [3.63, 3.8) is 0 Å². The van der Waals surface area contributed by atoms with Gasteiger partial charge in [-0.1, -0.05) is 71.6 Å². The van der Waals surface area contributed by atoms with Gasteiger partial charge in [0.1, 0.15) is 18.2 Å². The summed E-state index contributed by atoms with van der Waals surface area (Å²) in [7, 11) is 0. The van der Waals surface area contributed by atoms with Gasteiger partial charge in [-0.3, -0.25) is 4.79 Å². The number of rotatable bonds is 16. The Bertz CT molecular complexity index is 404. The zero-order chi connectivity index (χ0) is 21.3. The van der Waals surface area contributed by atoms with Crippen LogP contribution in [0.25, 0.3) is 0 Å². The van der Waals surface area contributed by atoms with Gasteiger partial charge in [0.2, 0.25) is 0 Å². The molecule has 0 radical (unpaired) electrons. The van der Waals surface area contributed by atoms with Crippen LogP contribution in [0.1, 0.15) is 118 Å². The minimum absolute atomic E-state index is 0.0410. The molecule has 0 aliphatic carbocycles. The van der Waals surface area contributed by atoms with Crippen LogP contribution in [0.2, 0.25) is 0 Å². The fourth-order valence-electron chi connectivity index (χ4n) is 3.08. The molecule has 0 aromatic rings. The van der Waals surface area contributed by atoms with Gasteiger partial charge in [-0.25, -0.2) is 4.79 Å². The van der Waals surface area contributed by atoms with Gasteiger partial charge in [0.25, 0.3) is 0 Å². The molecule has 1 amide bonds. The zero-order valence-electron chi connectivity index (χ0n) is 19.1. The van der Waals surface area contributed by atoms with Gasteiger partial charge >= 0.3 is 12.1 Å². The lowest BCUT2D eigenvalue weighted by Gasteiger charge is -2.21. The lowest BCUT2D eigenvalue weighted by atomic mass is 10.0. The fraction of sp³-hybridized carbons (Fsp3) is 0.913. The van der Waals surface area contributed by atoms with Crippen LogP contribution in [0.4, 0.5) is 4.79 Å². The van der Waals surface area contributed by atoms with Gasteiger partial charge in [-0.05, 0) is 46.5 Å². The molecule has 5 heteroatoms. The zero-order valence-corrected chi connectivity index (χ0v) is 19.1. The largest absolute Gasteiger partial charge is 0.461 e. The number of alkyl carbamates (subject to hydrolysis) is 1. The average molecular weight is 400 g/mol. The number of hydrogen-bond acceptors (Lipinski definition) is 4. The molecule has 0 bridgehead atoms. The standard InChI is InChI=1S/C23H45NO4/c1-6-8-10-12-14-16-18-20(17-15-13-11-9-7-2)27-21(25)19-24-22(26)28-23(3,4)5/h20H,6-19H2,1-5H3,(H,24,26). The summed E-state index contributed by atoms with van der Waals surface area (Å²) in [6.45, 7) is 9.66. The molecule has 166 valence electrons. The normalized spacial score (nSPS) is 12.5. The van der Waals surface area contributed by atoms with Crippen molar-refractivity contribution in [2.24, 2.45) is 0 Å². The number of esters is 1. The van der Waals surface area contributed by atoms with E-state index in [9.17, 15) is 9.59 Å². The summed E-state index contributed by atoms with van der Waals surface area (Å²) in [6, 6.07) is 0. The Hall–Kier alpha value is -1.26. The van der Waals surface area contributed by atoms with Crippen molar-refractivity contribution >= 4 is 12.1 Å². The van der Waals surface area contributed by atoms with E-state index in [0.717, 1.165) is 25.7 Å². The number of ether oxygens (including phenoxy) is 2. The van der Waals surface area contributed by atoms with E-state index in [0.29, 0.717) is 0 Å². The second-order valence-corrected chi connectivity index (χ2v) is 8.73. The van der Waals surface area contributed by atoms with Crippen molar-refractivity contribution in [2.75, 3.05) is 6.54 Å². The van der Waals surface area contributed by atoms with E-state index >= 15 is 0 Å². The highest BCUT2D eigenvalue weighted by atomic mass is 16.6. The van der Waals surface area contributed by atoms with E-state index in [2.05, 4.69) is 19.2 Å². The van der Waals surface area contributed by atoms with Crippen molar-refractivity contribution in [3.05, 3.63) is 0 Å². The lowest BCUT2D eigenvalue weighted by Crippen LogP contribution is -2.37. The van der Waals surface area contributed by atoms with Crippen LogP contribution >= 0.6 is 0 Å². The maximum Gasteiger partial charge on any atom is 0.408 e. The van der Waals surface area contributed by atoms with Crippen molar-refractivity contribution < 1.29 is 19.1 Å². The van der Waals surface area contributed by atoms with Crippen LogP contribution in [0.15, 0.2) is 0 Å². The summed E-state index contributed by atoms with van der Waals surface area (Å²) < 4.78 is 10.8. The van der Waals surface area contributed by atoms with Gasteiger partial charge in [0.15, 0.2) is 0 Å². The molecule has 0 aliphatic rings. The predicted octanol–water partition coefficient (Wildman–Crippen LogP) is 6.53. The van der Waals surface area contributed by atoms with E-state index < -0.39 is 11.7 Å². The number of hydrogen-bond donors (Lipinski definition) is 1. The van der Waals surface area contributed by atoms with E-state index in [1.54, 1.807) is 20.8 Å². The van der Waals surface area contributed by atoms with E-state index in [4.69, 9.17) is 9.47 Å². The molecule has 0 spiro atoms. The van der Waals surface area contributed by atoms with E-state index in [-0.39, 0.29) is 18.6 Å². The van der Waals surface area contributed by atoms with Gasteiger partial charge < -0.3 is 14.8 Å². The third kappa shape index (κ3) is 18.1. The number of amides is 1. The smallest absolute Gasteiger partial charge is 0.408 e. The van der Waals surface area contributed by atoms with Crippen LogP contribution in [-0.4, -0.2) is 30.3 Å². The minimum atomic E-state index is -0.587. The summed E-state index contributed by atoms with van der Waals surface area (Å²) >= 11 is 0. The van der Waals surface area contributed by atoms with Crippen LogP contribution in [0, 0.1) is 0 Å². The molecule has 0 saturated carbocycles. The second kappa shape index (κ2) is 16.7. The molecule has 0 fully saturated rings. The molecular weight excluding hydrogens is 354 g/mol. The van der Waals surface area contributed by atoms with Crippen LogP contribution < -0.4 is 5.32 Å². The molecule has 0 aliphatic heterocycles. The van der Waals surface area contributed by atoms with Gasteiger partial charge in [-0.15, -0.1) is 0 Å². The summed E-state index contributed by atoms with van der Waals surface area (Å²) in [6.07, 6.45) is 14.6. The Labute approximate surface area is 173 Å². The summed E-state index contributed by atoms with van der Waals surface area (Å²) in [4.78, 5) is 23.8. The molecule has 1 atom stereocenters. The Morgan fingerprint density at radius 2 is 1.25 bits per heavy atom. The molecule has 1 N–H and O–H groups in total. The first-order chi connectivity index (χ1) is 13.3. The number of carbonyl (C=O) groups is 2. The lowest BCUT2D eigenvalue weighted by molar-refractivity contribution is -0.148. The van der Waals surface area contributed by atoms with Crippen LogP contribution in [-0.2, 0) is 14.3 Å². The first-order valence-corrected chi connectivity index (χ1v) is 11.4. The Morgan fingerprint density at radius 1 is 0.786 bits per heavy atom. The molecule has 0 aromatic heterocycles. The number of carbonyl (C=O) groups excluding carboxylic acids is 2. The predicted molar refractivity (Wildman–Crippen MR) is 115 cm³/mol. The number of unbranched alkanes of at least 4 members (excludes halogenated alkanes) is 9. The Morgan fingerprint density at radius 3 is 1.71 bits per heavy atom. The molecule has 5 nitrogen and oxygen atoms in total. The summed E-state index contributed by atoms with van der Waals surface area (Å²) in [5.41, 5.74) is -0.577. The van der Waals surface area contributed by atoms with Gasteiger partial charge in [0.05, 0.1) is 0 Å². The van der Waals surface area contributed by atoms with Crippen molar-refractivity contribution in [1.29, 1.82) is 0 Å². The maximum atomic E-state index is 12.1. The Balaban J connectivity index is 4.23. The molecule has 0 rings (SSSR count). The summed E-state index contributed by atoms with van der Waals surface area (Å²) in [5, 5.41) is 2.48. The molecule has 1 unspecified atom stereocenters. The van der Waals surface area contributed by atoms with Crippen molar-refractivity contribution in [2.45, 2.75) is 130 Å². The second-order valence-electron chi connectivity index (χ2n) is 8.73. The number of nitrogens with one attached hydrogen (secondary N) is 1. The van der Waals surface area contributed by atoms with Crippen molar-refractivity contribution in [3.8, 4) is 0 Å². The summed E-state index contributed by atoms with van der Waals surface area (Å²) in [5.74, 6) is -0.379. The van der Waals surface area contributed by atoms with Crippen molar-refractivity contribution in [1.82, 2.24) is 5.32 Å². The average Bonchev–Trinajstić information content (AvgIpc) is 2.61. The SMILES string of the molecule is CCCCCCCCC(CCCCCCC)OC(=O)CNC(=O)OC(C)(C)C. The van der Waals surface area contributed by atoms with E-state index in [1.807, 2.05) is 0 Å². The minimum Gasteiger partial charge on any atom is -0.461 e. The topological polar surface area (TPSA) is 64.6 Å². The van der Waals surface area contributed by atoms with Crippen LogP contribution in [0.3, 0.4) is 0 Å². The first-order valence-electron chi connectivity index (χ1n) is 11.4. The van der Waals surface area contributed by atoms with Gasteiger partial charge in [-0.2, -0.15) is 0 Å². The highest BCUT2D eigenvalue weighted by Gasteiger charge is 2.18. The molecular formula is C23H45NO4. The molecule has 28 heavy (non-hydrogen) atoms. The molecule has 0 heterocycles.